The number of ether oxygens (including phenoxy) is 2. The van der Waals surface area contributed by atoms with Crippen LogP contribution in [-0.2, 0) is 45.6 Å². The lowest BCUT2D eigenvalue weighted by molar-refractivity contribution is -0.143. The minimum atomic E-state index is -2.99. The van der Waals surface area contributed by atoms with Crippen molar-refractivity contribution in [1.29, 1.82) is 0 Å². The fourth-order valence-electron chi connectivity index (χ4n) is 2.84. The van der Waals surface area contributed by atoms with E-state index in [-0.39, 0.29) is 0 Å². The summed E-state index contributed by atoms with van der Waals surface area (Å²) in [7, 11) is -1.48. The molecule has 0 aliphatic carbocycles. The third-order valence-electron chi connectivity index (χ3n) is 4.27. The highest BCUT2D eigenvalue weighted by atomic mass is 28.4. The van der Waals surface area contributed by atoms with E-state index in [1.165, 1.54) is 21.3 Å². The van der Waals surface area contributed by atoms with Gasteiger partial charge in [0.1, 0.15) is 0 Å². The van der Waals surface area contributed by atoms with Crippen LogP contribution in [-0.4, -0.2) is 82.2 Å². The Morgan fingerprint density at radius 3 is 1.18 bits per heavy atom. The van der Waals surface area contributed by atoms with E-state index in [9.17, 15) is 9.59 Å². The SMILES string of the molecule is C=CC(=O)OC(CC)[Si](OC)(OC)OC.C=CC(=O)OC(CC)[Si](OCC)(OCC)OCC. The van der Waals surface area contributed by atoms with Gasteiger partial charge in [0.15, 0.2) is 11.5 Å². The molecular formula is C21H42O10Si2. The molecule has 0 fully saturated rings. The Morgan fingerprint density at radius 2 is 0.970 bits per heavy atom. The van der Waals surface area contributed by atoms with Gasteiger partial charge in [-0.05, 0) is 33.6 Å². The molecule has 194 valence electrons. The van der Waals surface area contributed by atoms with Crippen molar-refractivity contribution in [3.63, 3.8) is 0 Å². The molecule has 12 heteroatoms. The number of hydrogen-bond donors (Lipinski definition) is 0. The van der Waals surface area contributed by atoms with Crippen LogP contribution in [0.3, 0.4) is 0 Å². The number of hydrogen-bond acceptors (Lipinski definition) is 10. The van der Waals surface area contributed by atoms with E-state index in [0.29, 0.717) is 32.7 Å². The van der Waals surface area contributed by atoms with Gasteiger partial charge in [-0.15, -0.1) is 0 Å². The van der Waals surface area contributed by atoms with Crippen LogP contribution in [0.25, 0.3) is 0 Å². The van der Waals surface area contributed by atoms with Crippen LogP contribution in [0.4, 0.5) is 0 Å². The highest BCUT2D eigenvalue weighted by Crippen LogP contribution is 2.21. The van der Waals surface area contributed by atoms with E-state index in [4.69, 9.17) is 36.0 Å². The normalized spacial score (nSPS) is 13.2. The highest BCUT2D eigenvalue weighted by Gasteiger charge is 2.51. The summed E-state index contributed by atoms with van der Waals surface area (Å²) in [4.78, 5) is 22.4. The summed E-state index contributed by atoms with van der Waals surface area (Å²) < 4.78 is 43.1. The summed E-state index contributed by atoms with van der Waals surface area (Å²) in [6, 6.07) is 0. The van der Waals surface area contributed by atoms with Crippen molar-refractivity contribution >= 4 is 29.5 Å². The minimum absolute atomic E-state index is 0.453. The molecule has 0 rings (SSSR count). The zero-order chi connectivity index (χ0) is 25.9. The predicted molar refractivity (Wildman–Crippen MR) is 128 cm³/mol. The Kier molecular flexibility index (Phi) is 19.4. The van der Waals surface area contributed by atoms with E-state index >= 15 is 0 Å². The van der Waals surface area contributed by atoms with Crippen molar-refractivity contribution in [2.45, 2.75) is 58.9 Å². The molecule has 0 aliphatic rings. The second kappa shape index (κ2) is 19.0. The Morgan fingerprint density at radius 1 is 0.667 bits per heavy atom. The zero-order valence-corrected chi connectivity index (χ0v) is 23.3. The smallest absolute Gasteiger partial charge is 0.455 e. The number of carbonyl (C=O) groups excluding carboxylic acids is 2. The number of esters is 2. The van der Waals surface area contributed by atoms with Gasteiger partial charge in [0.2, 0.25) is 0 Å². The van der Waals surface area contributed by atoms with Gasteiger partial charge in [-0.3, -0.25) is 0 Å². The van der Waals surface area contributed by atoms with E-state index in [0.717, 1.165) is 12.2 Å². The summed E-state index contributed by atoms with van der Waals surface area (Å²) >= 11 is 0. The molecule has 0 amide bonds. The molecule has 0 heterocycles. The standard InChI is InChI=1S/C12H24O5Si.C9H18O5Si/c1-6-11(13)17-12(7-2)18(14-8-3,15-9-4)16-10-5;1-6-8(10)14-9(7-2)15(11-3,12-4)13-5/h6,12H,1,7-10H2,2-5H3;6,9H,1,7H2,2-5H3. The Bertz CT molecular complexity index is 544. The summed E-state index contributed by atoms with van der Waals surface area (Å²) in [6.45, 7) is 17.4. The largest absolute Gasteiger partial charge is 0.544 e. The first-order valence-electron chi connectivity index (χ1n) is 10.9. The molecule has 0 radical (unpaired) electrons. The summed E-state index contributed by atoms with van der Waals surface area (Å²) in [5.74, 6) is -0.997. The van der Waals surface area contributed by atoms with Gasteiger partial charge in [0, 0.05) is 53.3 Å². The minimum Gasteiger partial charge on any atom is -0.455 e. The molecule has 2 atom stereocenters. The van der Waals surface area contributed by atoms with E-state index in [1.807, 2.05) is 34.6 Å². The number of rotatable bonds is 17. The van der Waals surface area contributed by atoms with E-state index < -0.39 is 41.0 Å². The fourth-order valence-corrected chi connectivity index (χ4v) is 7.66. The van der Waals surface area contributed by atoms with Crippen molar-refractivity contribution in [2.24, 2.45) is 0 Å². The lowest BCUT2D eigenvalue weighted by Crippen LogP contribution is -2.57. The molecule has 0 aromatic carbocycles. The monoisotopic (exact) mass is 510 g/mol. The molecule has 0 N–H and O–H groups in total. The molecule has 0 aromatic rings. The molecule has 0 bridgehead atoms. The highest BCUT2D eigenvalue weighted by molar-refractivity contribution is 6.62. The first-order valence-corrected chi connectivity index (χ1v) is 14.5. The first kappa shape index (κ1) is 33.8. The third kappa shape index (κ3) is 11.1. The van der Waals surface area contributed by atoms with Gasteiger partial charge in [0.25, 0.3) is 0 Å². The second-order valence-corrected chi connectivity index (χ2v) is 12.0. The fraction of sp³-hybridized carbons (Fsp3) is 0.714. The molecule has 10 nitrogen and oxygen atoms in total. The first-order chi connectivity index (χ1) is 15.7. The van der Waals surface area contributed by atoms with Crippen LogP contribution in [0.5, 0.6) is 0 Å². The maximum atomic E-state index is 11.4. The maximum absolute atomic E-state index is 11.4. The van der Waals surface area contributed by atoms with Gasteiger partial charge in [-0.1, -0.05) is 27.0 Å². The maximum Gasteiger partial charge on any atom is 0.544 e. The summed E-state index contributed by atoms with van der Waals surface area (Å²) in [5, 5.41) is 0. The lowest BCUT2D eigenvalue weighted by atomic mass is 10.5. The molecule has 0 aliphatic heterocycles. The van der Waals surface area contributed by atoms with Gasteiger partial charge in [-0.25, -0.2) is 9.59 Å². The van der Waals surface area contributed by atoms with Crippen LogP contribution in [0.2, 0.25) is 0 Å². The molecule has 2 unspecified atom stereocenters. The topological polar surface area (TPSA) is 108 Å². The van der Waals surface area contributed by atoms with Crippen LogP contribution in [0, 0.1) is 0 Å². The van der Waals surface area contributed by atoms with E-state index in [2.05, 4.69) is 13.2 Å². The van der Waals surface area contributed by atoms with Gasteiger partial charge < -0.3 is 36.0 Å². The van der Waals surface area contributed by atoms with Gasteiger partial charge in [0.05, 0.1) is 0 Å². The van der Waals surface area contributed by atoms with E-state index in [1.54, 1.807) is 0 Å². The zero-order valence-electron chi connectivity index (χ0n) is 21.3. The van der Waals surface area contributed by atoms with Crippen molar-refractivity contribution in [3.05, 3.63) is 25.3 Å². The summed E-state index contributed by atoms with van der Waals surface area (Å²) in [5.41, 5.74) is -1.01. The molecule has 0 spiro atoms. The van der Waals surface area contributed by atoms with Crippen LogP contribution < -0.4 is 0 Å². The van der Waals surface area contributed by atoms with Crippen molar-refractivity contribution < 1.29 is 45.6 Å². The van der Waals surface area contributed by atoms with Crippen LogP contribution in [0.1, 0.15) is 47.5 Å². The third-order valence-corrected chi connectivity index (χ3v) is 10.7. The average molecular weight is 511 g/mol. The number of carbonyl (C=O) groups is 2. The second-order valence-electron chi connectivity index (χ2n) is 6.19. The molecule has 0 aromatic heterocycles. The van der Waals surface area contributed by atoms with Crippen molar-refractivity contribution in [3.8, 4) is 0 Å². The van der Waals surface area contributed by atoms with Crippen molar-refractivity contribution in [1.82, 2.24) is 0 Å². The summed E-state index contributed by atoms with van der Waals surface area (Å²) in [6.07, 6.45) is 3.36. The van der Waals surface area contributed by atoms with Gasteiger partial charge in [-0.2, -0.15) is 0 Å². The van der Waals surface area contributed by atoms with Crippen molar-refractivity contribution in [2.75, 3.05) is 41.2 Å². The lowest BCUT2D eigenvalue weighted by Gasteiger charge is -2.33. The molecule has 33 heavy (non-hydrogen) atoms. The molecule has 0 saturated heterocycles. The molecular weight excluding hydrogens is 468 g/mol. The van der Waals surface area contributed by atoms with Crippen LogP contribution >= 0.6 is 0 Å². The Balaban J connectivity index is 0. The quantitative estimate of drug-likeness (QED) is 0.165. The predicted octanol–water partition coefficient (Wildman–Crippen LogP) is 2.99. The molecule has 0 saturated carbocycles. The Labute approximate surface area is 200 Å². The average Bonchev–Trinajstić information content (AvgIpc) is 2.83. The Hall–Kier alpha value is -1.39. The van der Waals surface area contributed by atoms with Crippen LogP contribution in [0.15, 0.2) is 25.3 Å². The van der Waals surface area contributed by atoms with Gasteiger partial charge >= 0.3 is 29.5 Å².